The topological polar surface area (TPSA) is 29.9 Å². The maximum Gasteiger partial charge on any atom is 0.111 e. The number of aryl methyl sites for hydroxylation is 1. The molecule has 2 unspecified atom stereocenters. The third-order valence-corrected chi connectivity index (χ3v) is 3.57. The molecule has 90 valence electrons. The molecule has 3 heteroatoms. The smallest absolute Gasteiger partial charge is 0.111 e. The quantitative estimate of drug-likeness (QED) is 0.828. The van der Waals surface area contributed by atoms with Gasteiger partial charge in [0.2, 0.25) is 0 Å². The molecule has 1 heterocycles. The molecule has 1 aromatic heterocycles. The SMILES string of the molecule is CCCNC1CCC(c2nccn2CC)C1. The van der Waals surface area contributed by atoms with Crippen LogP contribution in [0.15, 0.2) is 12.4 Å². The third-order valence-electron chi connectivity index (χ3n) is 3.57. The molecular formula is C13H23N3. The van der Waals surface area contributed by atoms with Gasteiger partial charge in [-0.3, -0.25) is 0 Å². The van der Waals surface area contributed by atoms with Crippen molar-refractivity contribution in [2.24, 2.45) is 0 Å². The van der Waals surface area contributed by atoms with Gasteiger partial charge in [0.05, 0.1) is 0 Å². The van der Waals surface area contributed by atoms with Crippen molar-refractivity contribution in [2.75, 3.05) is 6.54 Å². The summed E-state index contributed by atoms with van der Waals surface area (Å²) in [5.41, 5.74) is 0. The first-order valence-electron chi connectivity index (χ1n) is 6.59. The standard InChI is InChI=1S/C13H23N3/c1-3-7-14-12-6-5-11(10-12)13-15-8-9-16(13)4-2/h8-9,11-12,14H,3-7,10H2,1-2H3. The van der Waals surface area contributed by atoms with Crippen LogP contribution in [-0.2, 0) is 6.54 Å². The number of rotatable bonds is 5. The highest BCUT2D eigenvalue weighted by Gasteiger charge is 2.27. The van der Waals surface area contributed by atoms with E-state index in [2.05, 4.69) is 34.9 Å². The summed E-state index contributed by atoms with van der Waals surface area (Å²) < 4.78 is 2.28. The zero-order valence-electron chi connectivity index (χ0n) is 10.4. The summed E-state index contributed by atoms with van der Waals surface area (Å²) in [6.45, 7) is 6.61. The monoisotopic (exact) mass is 221 g/mol. The van der Waals surface area contributed by atoms with Crippen molar-refractivity contribution in [3.05, 3.63) is 18.2 Å². The predicted molar refractivity (Wildman–Crippen MR) is 66.6 cm³/mol. The van der Waals surface area contributed by atoms with E-state index in [1.807, 2.05) is 6.20 Å². The minimum absolute atomic E-state index is 0.671. The van der Waals surface area contributed by atoms with Crippen LogP contribution in [0.2, 0.25) is 0 Å². The lowest BCUT2D eigenvalue weighted by Gasteiger charge is -2.13. The summed E-state index contributed by atoms with van der Waals surface area (Å²) in [6.07, 6.45) is 9.12. The molecule has 1 N–H and O–H groups in total. The zero-order chi connectivity index (χ0) is 11.4. The van der Waals surface area contributed by atoms with Gasteiger partial charge in [-0.25, -0.2) is 4.98 Å². The van der Waals surface area contributed by atoms with Crippen molar-refractivity contribution >= 4 is 0 Å². The first-order chi connectivity index (χ1) is 7.85. The van der Waals surface area contributed by atoms with Gasteiger partial charge in [0.15, 0.2) is 0 Å². The number of hydrogen-bond acceptors (Lipinski definition) is 2. The van der Waals surface area contributed by atoms with Gasteiger partial charge in [-0.2, -0.15) is 0 Å². The van der Waals surface area contributed by atoms with Gasteiger partial charge in [0.1, 0.15) is 5.82 Å². The number of nitrogens with one attached hydrogen (secondary N) is 1. The summed E-state index contributed by atoms with van der Waals surface area (Å²) in [7, 11) is 0. The summed E-state index contributed by atoms with van der Waals surface area (Å²) in [6, 6.07) is 0.715. The first kappa shape index (κ1) is 11.6. The van der Waals surface area contributed by atoms with Crippen LogP contribution in [-0.4, -0.2) is 22.1 Å². The van der Waals surface area contributed by atoms with Crippen LogP contribution in [0.4, 0.5) is 0 Å². The average Bonchev–Trinajstić information content (AvgIpc) is 2.94. The van der Waals surface area contributed by atoms with E-state index in [1.165, 1.54) is 31.5 Å². The molecule has 1 saturated carbocycles. The zero-order valence-corrected chi connectivity index (χ0v) is 10.4. The molecule has 2 rings (SSSR count). The molecule has 0 radical (unpaired) electrons. The van der Waals surface area contributed by atoms with Gasteiger partial charge in [-0.1, -0.05) is 6.92 Å². The lowest BCUT2D eigenvalue weighted by Crippen LogP contribution is -2.27. The molecule has 3 nitrogen and oxygen atoms in total. The Morgan fingerprint density at radius 1 is 1.44 bits per heavy atom. The van der Waals surface area contributed by atoms with E-state index in [-0.39, 0.29) is 0 Å². The van der Waals surface area contributed by atoms with Crippen molar-refractivity contribution in [3.8, 4) is 0 Å². The second kappa shape index (κ2) is 5.48. The summed E-state index contributed by atoms with van der Waals surface area (Å²) in [4.78, 5) is 4.52. The van der Waals surface area contributed by atoms with Gasteiger partial charge >= 0.3 is 0 Å². The summed E-state index contributed by atoms with van der Waals surface area (Å²) in [5, 5.41) is 3.62. The highest BCUT2D eigenvalue weighted by atomic mass is 15.1. The fourth-order valence-corrected chi connectivity index (χ4v) is 2.70. The maximum atomic E-state index is 4.52. The first-order valence-corrected chi connectivity index (χ1v) is 6.59. The number of nitrogens with zero attached hydrogens (tertiary/aromatic N) is 2. The van der Waals surface area contributed by atoms with E-state index < -0.39 is 0 Å². The third kappa shape index (κ3) is 2.46. The number of imidazole rings is 1. The second-order valence-corrected chi connectivity index (χ2v) is 4.73. The van der Waals surface area contributed by atoms with Crippen LogP contribution in [0.1, 0.15) is 51.3 Å². The molecule has 1 aromatic rings. The Labute approximate surface area is 98.3 Å². The van der Waals surface area contributed by atoms with Gasteiger partial charge < -0.3 is 9.88 Å². The van der Waals surface area contributed by atoms with Crippen LogP contribution in [0.3, 0.4) is 0 Å². The van der Waals surface area contributed by atoms with Crippen LogP contribution in [0, 0.1) is 0 Å². The maximum absolute atomic E-state index is 4.52. The molecule has 0 aliphatic heterocycles. The van der Waals surface area contributed by atoms with Gasteiger partial charge in [-0.15, -0.1) is 0 Å². The number of aromatic nitrogens is 2. The van der Waals surface area contributed by atoms with Crippen molar-refractivity contribution in [3.63, 3.8) is 0 Å². The lowest BCUT2D eigenvalue weighted by atomic mass is 10.1. The molecule has 0 saturated heterocycles. The molecule has 1 aliphatic carbocycles. The van der Waals surface area contributed by atoms with E-state index in [1.54, 1.807) is 0 Å². The van der Waals surface area contributed by atoms with Crippen LogP contribution in [0.25, 0.3) is 0 Å². The van der Waals surface area contributed by atoms with Crippen molar-refractivity contribution in [1.29, 1.82) is 0 Å². The molecule has 0 bridgehead atoms. The van der Waals surface area contributed by atoms with E-state index >= 15 is 0 Å². The lowest BCUT2D eigenvalue weighted by molar-refractivity contribution is 0.509. The van der Waals surface area contributed by atoms with Crippen LogP contribution < -0.4 is 5.32 Å². The minimum Gasteiger partial charge on any atom is -0.335 e. The van der Waals surface area contributed by atoms with Crippen molar-refractivity contribution < 1.29 is 0 Å². The van der Waals surface area contributed by atoms with Crippen molar-refractivity contribution in [1.82, 2.24) is 14.9 Å². The van der Waals surface area contributed by atoms with Crippen LogP contribution >= 0.6 is 0 Å². The van der Waals surface area contributed by atoms with Gasteiger partial charge in [-0.05, 0) is 39.2 Å². The molecule has 1 fully saturated rings. The Morgan fingerprint density at radius 3 is 3.06 bits per heavy atom. The Hall–Kier alpha value is -0.830. The minimum atomic E-state index is 0.671. The van der Waals surface area contributed by atoms with E-state index in [4.69, 9.17) is 0 Å². The molecule has 0 amide bonds. The van der Waals surface area contributed by atoms with Crippen molar-refractivity contribution in [2.45, 2.75) is 58.0 Å². The van der Waals surface area contributed by atoms with E-state index in [0.717, 1.165) is 13.1 Å². The Balaban J connectivity index is 1.93. The summed E-state index contributed by atoms with van der Waals surface area (Å²) >= 11 is 0. The molecule has 2 atom stereocenters. The fraction of sp³-hybridized carbons (Fsp3) is 0.769. The normalized spacial score (nSPS) is 25.1. The largest absolute Gasteiger partial charge is 0.335 e. The molecule has 0 aromatic carbocycles. The molecule has 1 aliphatic rings. The number of hydrogen-bond donors (Lipinski definition) is 1. The highest BCUT2D eigenvalue weighted by Crippen LogP contribution is 2.33. The Bertz CT molecular complexity index is 319. The molecular weight excluding hydrogens is 198 g/mol. The second-order valence-electron chi connectivity index (χ2n) is 4.73. The molecule has 16 heavy (non-hydrogen) atoms. The van der Waals surface area contributed by atoms with E-state index in [0.29, 0.717) is 12.0 Å². The predicted octanol–water partition coefficient (Wildman–Crippen LogP) is 2.54. The average molecular weight is 221 g/mol. The molecule has 0 spiro atoms. The van der Waals surface area contributed by atoms with Crippen LogP contribution in [0.5, 0.6) is 0 Å². The van der Waals surface area contributed by atoms with E-state index in [9.17, 15) is 0 Å². The Kier molecular flexibility index (Phi) is 3.99. The van der Waals surface area contributed by atoms with Gasteiger partial charge in [0.25, 0.3) is 0 Å². The highest BCUT2D eigenvalue weighted by molar-refractivity contribution is 5.04. The fourth-order valence-electron chi connectivity index (χ4n) is 2.70. The van der Waals surface area contributed by atoms with Gasteiger partial charge in [0, 0.05) is 30.9 Å². The summed E-state index contributed by atoms with van der Waals surface area (Å²) in [5.74, 6) is 1.97. The Morgan fingerprint density at radius 2 is 2.31 bits per heavy atom.